The van der Waals surface area contributed by atoms with Gasteiger partial charge in [0, 0.05) is 17.7 Å². The van der Waals surface area contributed by atoms with Crippen molar-refractivity contribution in [2.45, 2.75) is 0 Å². The Kier molecular flexibility index (Phi) is 4.26. The zero-order valence-electron chi connectivity index (χ0n) is 9.95. The monoisotopic (exact) mass is 337 g/mol. The molecule has 20 heavy (non-hydrogen) atoms. The normalized spacial score (nSPS) is 10.7. The van der Waals surface area contributed by atoms with Crippen LogP contribution in [0.4, 0.5) is 5.69 Å². The second-order valence-electron chi connectivity index (χ2n) is 3.65. The third-order valence-corrected chi connectivity index (χ3v) is 2.68. The number of nitrogens with one attached hydrogen (secondary N) is 1. The van der Waals surface area contributed by atoms with Gasteiger partial charge >= 0.3 is 5.91 Å². The molecule has 1 N–H and O–H groups in total. The van der Waals surface area contributed by atoms with Crippen molar-refractivity contribution in [3.8, 4) is 0 Å². The van der Waals surface area contributed by atoms with Gasteiger partial charge in [0.1, 0.15) is 0 Å². The molecule has 1 amide bonds. The van der Waals surface area contributed by atoms with E-state index in [4.69, 9.17) is 4.42 Å². The van der Waals surface area contributed by atoms with Gasteiger partial charge in [-0.3, -0.25) is 14.9 Å². The van der Waals surface area contributed by atoms with E-state index in [2.05, 4.69) is 26.5 Å². The SMILES string of the molecule is O=C(NN=Cc1cccc([N+](=O)[O-])c1)c1ccc(Br)o1. The second-order valence-corrected chi connectivity index (χ2v) is 4.44. The zero-order valence-corrected chi connectivity index (χ0v) is 11.5. The lowest BCUT2D eigenvalue weighted by Gasteiger charge is -1.96. The molecule has 0 fully saturated rings. The summed E-state index contributed by atoms with van der Waals surface area (Å²) in [6.07, 6.45) is 1.31. The Morgan fingerprint density at radius 3 is 2.85 bits per heavy atom. The number of amides is 1. The number of carbonyl (C=O) groups is 1. The molecule has 1 heterocycles. The Hall–Kier alpha value is -2.48. The van der Waals surface area contributed by atoms with Crippen LogP contribution in [0.2, 0.25) is 0 Å². The van der Waals surface area contributed by atoms with Crippen LogP contribution in [-0.4, -0.2) is 17.0 Å². The molecule has 1 aromatic carbocycles. The Labute approximate surface area is 121 Å². The molecule has 7 nitrogen and oxygen atoms in total. The summed E-state index contributed by atoms with van der Waals surface area (Å²) in [5.41, 5.74) is 2.71. The van der Waals surface area contributed by atoms with Crippen molar-refractivity contribution in [2.24, 2.45) is 5.10 Å². The van der Waals surface area contributed by atoms with E-state index in [1.807, 2.05) is 0 Å². The highest BCUT2D eigenvalue weighted by Gasteiger charge is 2.09. The van der Waals surface area contributed by atoms with Gasteiger partial charge < -0.3 is 4.42 Å². The van der Waals surface area contributed by atoms with Crippen molar-refractivity contribution in [1.82, 2.24) is 5.43 Å². The van der Waals surface area contributed by atoms with E-state index in [9.17, 15) is 14.9 Å². The van der Waals surface area contributed by atoms with Gasteiger partial charge in [-0.05, 0) is 28.1 Å². The van der Waals surface area contributed by atoms with Gasteiger partial charge in [0.2, 0.25) is 0 Å². The molecule has 2 aromatic rings. The highest BCUT2D eigenvalue weighted by Crippen LogP contribution is 2.14. The standard InChI is InChI=1S/C12H8BrN3O4/c13-11-5-4-10(20-11)12(17)15-14-7-8-2-1-3-9(6-8)16(18)19/h1-7H,(H,15,17). The van der Waals surface area contributed by atoms with Crippen LogP contribution < -0.4 is 5.43 Å². The van der Waals surface area contributed by atoms with E-state index in [0.717, 1.165) is 0 Å². The van der Waals surface area contributed by atoms with Crippen molar-refractivity contribution in [3.63, 3.8) is 0 Å². The first-order valence-corrected chi connectivity index (χ1v) is 6.19. The number of hydrazone groups is 1. The van der Waals surface area contributed by atoms with Gasteiger partial charge in [-0.1, -0.05) is 12.1 Å². The van der Waals surface area contributed by atoms with Crippen molar-refractivity contribution in [2.75, 3.05) is 0 Å². The largest absolute Gasteiger partial charge is 0.444 e. The number of hydrogen-bond donors (Lipinski definition) is 1. The summed E-state index contributed by atoms with van der Waals surface area (Å²) < 4.78 is 5.48. The average molecular weight is 338 g/mol. The third kappa shape index (κ3) is 3.51. The number of nitrogens with zero attached hydrogens (tertiary/aromatic N) is 2. The summed E-state index contributed by atoms with van der Waals surface area (Å²) in [5, 5.41) is 14.3. The zero-order chi connectivity index (χ0) is 14.5. The maximum atomic E-state index is 11.6. The van der Waals surface area contributed by atoms with Gasteiger partial charge in [-0.25, -0.2) is 5.43 Å². The fourth-order valence-electron chi connectivity index (χ4n) is 1.38. The Morgan fingerprint density at radius 2 is 2.20 bits per heavy atom. The number of non-ortho nitro benzene ring substituents is 1. The lowest BCUT2D eigenvalue weighted by atomic mass is 10.2. The first kappa shape index (κ1) is 13.9. The lowest BCUT2D eigenvalue weighted by molar-refractivity contribution is -0.384. The summed E-state index contributed by atoms with van der Waals surface area (Å²) in [5.74, 6) is -0.412. The number of rotatable bonds is 4. The number of hydrogen-bond acceptors (Lipinski definition) is 5. The minimum absolute atomic E-state index is 0.0461. The van der Waals surface area contributed by atoms with Gasteiger partial charge in [0.15, 0.2) is 10.4 Å². The van der Waals surface area contributed by atoms with Crippen LogP contribution in [0.15, 0.2) is 50.6 Å². The molecule has 102 valence electrons. The first-order chi connectivity index (χ1) is 9.56. The fourth-order valence-corrected chi connectivity index (χ4v) is 1.68. The highest BCUT2D eigenvalue weighted by atomic mass is 79.9. The van der Waals surface area contributed by atoms with Gasteiger partial charge in [0.05, 0.1) is 11.1 Å². The van der Waals surface area contributed by atoms with Crippen molar-refractivity contribution < 1.29 is 14.1 Å². The molecule has 0 saturated heterocycles. The molecule has 8 heteroatoms. The molecule has 0 radical (unpaired) electrons. The lowest BCUT2D eigenvalue weighted by Crippen LogP contribution is -2.16. The molecule has 0 aliphatic heterocycles. The highest BCUT2D eigenvalue weighted by molar-refractivity contribution is 9.10. The molecule has 0 aliphatic carbocycles. The summed E-state index contributed by atoms with van der Waals surface area (Å²) in [7, 11) is 0. The van der Waals surface area contributed by atoms with E-state index in [1.165, 1.54) is 30.5 Å². The fraction of sp³-hybridized carbons (Fsp3) is 0. The average Bonchev–Trinajstić information content (AvgIpc) is 2.86. The second kappa shape index (κ2) is 6.11. The number of halogens is 1. The number of nitro groups is 1. The maximum absolute atomic E-state index is 11.6. The minimum Gasteiger partial charge on any atom is -0.444 e. The molecule has 1 aromatic heterocycles. The third-order valence-electron chi connectivity index (χ3n) is 2.26. The topological polar surface area (TPSA) is 97.7 Å². The summed E-state index contributed by atoms with van der Waals surface area (Å²) >= 11 is 3.08. The van der Waals surface area contributed by atoms with E-state index < -0.39 is 10.8 Å². The number of furan rings is 1. The van der Waals surface area contributed by atoms with Crippen molar-refractivity contribution >= 4 is 33.7 Å². The van der Waals surface area contributed by atoms with E-state index in [0.29, 0.717) is 10.2 Å². The predicted octanol–water partition coefficient (Wildman–Crippen LogP) is 2.71. The van der Waals surface area contributed by atoms with Gasteiger partial charge in [-0.15, -0.1) is 0 Å². The van der Waals surface area contributed by atoms with E-state index in [1.54, 1.807) is 12.1 Å². The Morgan fingerprint density at radius 1 is 1.40 bits per heavy atom. The van der Waals surface area contributed by atoms with Crippen LogP contribution in [0.5, 0.6) is 0 Å². The number of benzene rings is 1. The Bertz CT molecular complexity index is 681. The van der Waals surface area contributed by atoms with Crippen LogP contribution in [0.1, 0.15) is 16.1 Å². The van der Waals surface area contributed by atoms with Crippen LogP contribution in [0.25, 0.3) is 0 Å². The van der Waals surface area contributed by atoms with E-state index >= 15 is 0 Å². The molecule has 0 saturated carbocycles. The van der Waals surface area contributed by atoms with Crippen molar-refractivity contribution in [1.29, 1.82) is 0 Å². The van der Waals surface area contributed by atoms with Crippen LogP contribution in [0.3, 0.4) is 0 Å². The molecular weight excluding hydrogens is 330 g/mol. The molecule has 0 bridgehead atoms. The Balaban J connectivity index is 2.01. The smallest absolute Gasteiger partial charge is 0.307 e. The van der Waals surface area contributed by atoms with Gasteiger partial charge in [0.25, 0.3) is 5.69 Å². The first-order valence-electron chi connectivity index (χ1n) is 5.39. The predicted molar refractivity (Wildman–Crippen MR) is 74.6 cm³/mol. The summed E-state index contributed by atoms with van der Waals surface area (Å²) in [6, 6.07) is 8.95. The maximum Gasteiger partial charge on any atom is 0.307 e. The van der Waals surface area contributed by atoms with Crippen LogP contribution in [-0.2, 0) is 0 Å². The molecule has 0 atom stereocenters. The van der Waals surface area contributed by atoms with Crippen molar-refractivity contribution in [3.05, 3.63) is 62.5 Å². The summed E-state index contributed by atoms with van der Waals surface area (Å²) in [6.45, 7) is 0. The molecular formula is C12H8BrN3O4. The minimum atomic E-state index is -0.516. The van der Waals surface area contributed by atoms with E-state index in [-0.39, 0.29) is 11.4 Å². The van der Waals surface area contributed by atoms with Crippen LogP contribution >= 0.6 is 15.9 Å². The quantitative estimate of drug-likeness (QED) is 0.526. The number of nitro benzene ring substituents is 1. The molecule has 0 spiro atoms. The number of carbonyl (C=O) groups excluding carboxylic acids is 1. The summed E-state index contributed by atoms with van der Waals surface area (Å²) in [4.78, 5) is 21.7. The molecule has 0 unspecified atom stereocenters. The van der Waals surface area contributed by atoms with Gasteiger partial charge in [-0.2, -0.15) is 5.10 Å². The molecule has 2 rings (SSSR count). The molecule has 0 aliphatic rings. The van der Waals surface area contributed by atoms with Crippen LogP contribution in [0, 0.1) is 10.1 Å².